The average molecular weight is 363 g/mol. The lowest BCUT2D eigenvalue weighted by Gasteiger charge is -2.12. The molecule has 0 saturated carbocycles. The standard InChI is InChI=1S/C18H16F3N3O2/c1-25-23-14(10-24-12-22-16-7-2-3-8-17(16)24)11-26-15-6-4-5-13(9-15)18(19,20)21/h2-9,12H,10-11H2,1H3. The molecule has 0 bridgehead atoms. The topological polar surface area (TPSA) is 48.6 Å². The summed E-state index contributed by atoms with van der Waals surface area (Å²) in [5.74, 6) is 0.110. The van der Waals surface area contributed by atoms with Crippen LogP contribution in [0.1, 0.15) is 5.56 Å². The van der Waals surface area contributed by atoms with E-state index in [4.69, 9.17) is 9.57 Å². The van der Waals surface area contributed by atoms with Gasteiger partial charge in [-0.2, -0.15) is 13.2 Å². The molecule has 3 aromatic rings. The number of oxime groups is 1. The number of ether oxygens (including phenoxy) is 1. The van der Waals surface area contributed by atoms with Gasteiger partial charge in [-0.1, -0.05) is 23.4 Å². The molecule has 136 valence electrons. The Bertz CT molecular complexity index is 919. The zero-order valence-electron chi connectivity index (χ0n) is 13.9. The Balaban J connectivity index is 1.73. The van der Waals surface area contributed by atoms with Crippen LogP contribution in [-0.4, -0.2) is 29.0 Å². The quantitative estimate of drug-likeness (QED) is 0.489. The first kappa shape index (κ1) is 17.8. The summed E-state index contributed by atoms with van der Waals surface area (Å²) >= 11 is 0. The SMILES string of the molecule is CON=C(COc1cccc(C(F)(F)F)c1)Cn1cnc2ccccc21. The van der Waals surface area contributed by atoms with Gasteiger partial charge in [0, 0.05) is 0 Å². The molecular weight excluding hydrogens is 347 g/mol. The number of alkyl halides is 3. The number of benzene rings is 2. The number of aromatic nitrogens is 2. The van der Waals surface area contributed by atoms with Crippen molar-refractivity contribution in [2.24, 2.45) is 5.16 Å². The number of hydrogen-bond acceptors (Lipinski definition) is 4. The number of halogens is 3. The molecule has 3 rings (SSSR count). The third kappa shape index (κ3) is 4.14. The molecule has 0 aliphatic heterocycles. The second kappa shape index (κ2) is 7.47. The number of nitrogens with zero attached hydrogens (tertiary/aromatic N) is 3. The van der Waals surface area contributed by atoms with Gasteiger partial charge >= 0.3 is 6.18 Å². The molecule has 0 atom stereocenters. The van der Waals surface area contributed by atoms with Crippen LogP contribution < -0.4 is 4.74 Å². The van der Waals surface area contributed by atoms with Crippen molar-refractivity contribution < 1.29 is 22.7 Å². The van der Waals surface area contributed by atoms with Crippen LogP contribution in [0.15, 0.2) is 60.0 Å². The lowest BCUT2D eigenvalue weighted by Crippen LogP contribution is -2.18. The maximum Gasteiger partial charge on any atom is 0.416 e. The van der Waals surface area contributed by atoms with Gasteiger partial charge in [-0.15, -0.1) is 0 Å². The average Bonchev–Trinajstić information content (AvgIpc) is 3.02. The molecule has 1 heterocycles. The molecule has 2 aromatic carbocycles. The summed E-state index contributed by atoms with van der Waals surface area (Å²) in [6.07, 6.45) is -2.75. The number of hydrogen-bond donors (Lipinski definition) is 0. The molecule has 8 heteroatoms. The van der Waals surface area contributed by atoms with Crippen LogP contribution >= 0.6 is 0 Å². The fraction of sp³-hybridized carbons (Fsp3) is 0.222. The van der Waals surface area contributed by atoms with E-state index in [1.807, 2.05) is 28.8 Å². The number of fused-ring (bicyclic) bond motifs is 1. The normalized spacial score (nSPS) is 12.4. The largest absolute Gasteiger partial charge is 0.487 e. The molecule has 1 aromatic heterocycles. The highest BCUT2D eigenvalue weighted by Gasteiger charge is 2.30. The minimum atomic E-state index is -4.42. The summed E-state index contributed by atoms with van der Waals surface area (Å²) in [6, 6.07) is 12.3. The fourth-order valence-electron chi connectivity index (χ4n) is 2.49. The van der Waals surface area contributed by atoms with Crippen molar-refractivity contribution in [3.63, 3.8) is 0 Å². The highest BCUT2D eigenvalue weighted by atomic mass is 19.4. The molecule has 0 fully saturated rings. The van der Waals surface area contributed by atoms with Crippen LogP contribution in [0.2, 0.25) is 0 Å². The van der Waals surface area contributed by atoms with E-state index < -0.39 is 11.7 Å². The first-order valence-corrected chi connectivity index (χ1v) is 7.76. The van der Waals surface area contributed by atoms with Gasteiger partial charge in [-0.05, 0) is 30.3 Å². The highest BCUT2D eigenvalue weighted by molar-refractivity contribution is 5.87. The summed E-state index contributed by atoms with van der Waals surface area (Å²) < 4.78 is 45.7. The summed E-state index contributed by atoms with van der Waals surface area (Å²) in [7, 11) is 1.40. The van der Waals surface area contributed by atoms with E-state index in [1.54, 1.807) is 6.33 Å². The molecule has 0 N–H and O–H groups in total. The Labute approximate surface area is 147 Å². The van der Waals surface area contributed by atoms with Crippen molar-refractivity contribution in [3.05, 3.63) is 60.4 Å². The molecule has 0 radical (unpaired) electrons. The Morgan fingerprint density at radius 1 is 1.15 bits per heavy atom. The van der Waals surface area contributed by atoms with Gasteiger partial charge in [0.05, 0.1) is 29.5 Å². The van der Waals surface area contributed by atoms with E-state index in [0.717, 1.165) is 23.2 Å². The van der Waals surface area contributed by atoms with E-state index in [9.17, 15) is 13.2 Å². The van der Waals surface area contributed by atoms with Crippen molar-refractivity contribution >= 4 is 16.7 Å². The van der Waals surface area contributed by atoms with Crippen molar-refractivity contribution in [2.45, 2.75) is 12.7 Å². The fourth-order valence-corrected chi connectivity index (χ4v) is 2.49. The van der Waals surface area contributed by atoms with E-state index in [0.29, 0.717) is 12.3 Å². The summed E-state index contributed by atoms with van der Waals surface area (Å²) in [5, 5.41) is 3.91. The molecule has 0 aliphatic rings. The van der Waals surface area contributed by atoms with Gasteiger partial charge in [0.2, 0.25) is 0 Å². The Morgan fingerprint density at radius 3 is 2.73 bits per heavy atom. The van der Waals surface area contributed by atoms with E-state index in [2.05, 4.69) is 10.1 Å². The molecule has 0 amide bonds. The van der Waals surface area contributed by atoms with Crippen molar-refractivity contribution in [3.8, 4) is 5.75 Å². The zero-order chi connectivity index (χ0) is 18.6. The number of para-hydroxylation sites is 2. The predicted molar refractivity (Wildman–Crippen MR) is 91.1 cm³/mol. The molecular formula is C18H16F3N3O2. The second-order valence-corrected chi connectivity index (χ2v) is 5.52. The van der Waals surface area contributed by atoms with Gasteiger partial charge < -0.3 is 14.1 Å². The maximum atomic E-state index is 12.8. The Morgan fingerprint density at radius 2 is 1.96 bits per heavy atom. The van der Waals surface area contributed by atoms with Gasteiger partial charge in [0.25, 0.3) is 0 Å². The van der Waals surface area contributed by atoms with E-state index in [-0.39, 0.29) is 12.4 Å². The van der Waals surface area contributed by atoms with Gasteiger partial charge in [-0.25, -0.2) is 4.98 Å². The second-order valence-electron chi connectivity index (χ2n) is 5.52. The van der Waals surface area contributed by atoms with Crippen molar-refractivity contribution in [1.82, 2.24) is 9.55 Å². The van der Waals surface area contributed by atoms with E-state index in [1.165, 1.54) is 19.2 Å². The molecule has 0 spiro atoms. The van der Waals surface area contributed by atoms with Gasteiger partial charge in [0.1, 0.15) is 25.2 Å². The maximum absolute atomic E-state index is 12.8. The van der Waals surface area contributed by atoms with Crippen LogP contribution in [0, 0.1) is 0 Å². The molecule has 26 heavy (non-hydrogen) atoms. The van der Waals surface area contributed by atoms with Crippen molar-refractivity contribution in [1.29, 1.82) is 0 Å². The number of rotatable bonds is 6. The first-order chi connectivity index (χ1) is 12.5. The van der Waals surface area contributed by atoms with Crippen LogP contribution in [0.5, 0.6) is 5.75 Å². The third-order valence-corrected chi connectivity index (χ3v) is 3.67. The molecule has 5 nitrogen and oxygen atoms in total. The summed E-state index contributed by atoms with van der Waals surface area (Å²) in [4.78, 5) is 9.12. The van der Waals surface area contributed by atoms with Crippen LogP contribution in [0.4, 0.5) is 13.2 Å². The van der Waals surface area contributed by atoms with Crippen LogP contribution in [0.25, 0.3) is 11.0 Å². The Kier molecular flexibility index (Phi) is 5.11. The third-order valence-electron chi connectivity index (χ3n) is 3.67. The Hall–Kier alpha value is -3.03. The molecule has 0 aliphatic carbocycles. The lowest BCUT2D eigenvalue weighted by atomic mass is 10.2. The monoisotopic (exact) mass is 363 g/mol. The van der Waals surface area contributed by atoms with E-state index >= 15 is 0 Å². The van der Waals surface area contributed by atoms with Crippen LogP contribution in [0.3, 0.4) is 0 Å². The predicted octanol–water partition coefficient (Wildman–Crippen LogP) is 4.14. The minimum Gasteiger partial charge on any atom is -0.487 e. The minimum absolute atomic E-state index is 0.0122. The first-order valence-electron chi connectivity index (χ1n) is 7.76. The molecule has 0 saturated heterocycles. The zero-order valence-corrected chi connectivity index (χ0v) is 13.9. The summed E-state index contributed by atoms with van der Waals surface area (Å²) in [6.45, 7) is 0.328. The molecule has 0 unspecified atom stereocenters. The van der Waals surface area contributed by atoms with Crippen LogP contribution in [-0.2, 0) is 17.6 Å². The van der Waals surface area contributed by atoms with Gasteiger partial charge in [0.15, 0.2) is 0 Å². The smallest absolute Gasteiger partial charge is 0.416 e. The summed E-state index contributed by atoms with van der Waals surface area (Å²) in [5.41, 5.74) is 1.49. The number of imidazole rings is 1. The van der Waals surface area contributed by atoms with Gasteiger partial charge in [-0.3, -0.25) is 0 Å². The van der Waals surface area contributed by atoms with Crippen molar-refractivity contribution in [2.75, 3.05) is 13.7 Å². The lowest BCUT2D eigenvalue weighted by molar-refractivity contribution is -0.137. The highest BCUT2D eigenvalue weighted by Crippen LogP contribution is 2.31.